The molecule has 0 aliphatic heterocycles. The molecule has 0 unspecified atom stereocenters. The first kappa shape index (κ1) is 14.9. The van der Waals surface area contributed by atoms with Crippen LogP contribution in [0.4, 0.5) is 0 Å². The minimum Gasteiger partial charge on any atom is -0.457 e. The molecule has 21 heavy (non-hydrogen) atoms. The second kappa shape index (κ2) is 7.29. The van der Waals surface area contributed by atoms with Crippen molar-refractivity contribution in [2.24, 2.45) is 0 Å². The highest BCUT2D eigenvalue weighted by atomic mass is 16.7. The van der Waals surface area contributed by atoms with E-state index in [0.717, 1.165) is 23.6 Å². The Labute approximate surface area is 124 Å². The lowest BCUT2D eigenvalue weighted by atomic mass is 10.0. The van der Waals surface area contributed by atoms with Crippen LogP contribution in [-0.4, -0.2) is 12.8 Å². The summed E-state index contributed by atoms with van der Waals surface area (Å²) in [7, 11) is 0. The third-order valence-corrected chi connectivity index (χ3v) is 3.14. The monoisotopic (exact) mass is 282 g/mol. The number of carbonyl (C=O) groups excluding carboxylic acids is 1. The van der Waals surface area contributed by atoms with E-state index in [2.05, 4.69) is 37.8 Å². The Morgan fingerprint density at radius 3 is 2.14 bits per heavy atom. The molecule has 3 nitrogen and oxygen atoms in total. The molecule has 0 bridgehead atoms. The molecular formula is C18H18O3. The molecule has 2 aromatic rings. The van der Waals surface area contributed by atoms with Gasteiger partial charge in [0.2, 0.25) is 6.79 Å². The van der Waals surface area contributed by atoms with Crippen molar-refractivity contribution in [2.45, 2.75) is 13.3 Å². The molecule has 0 amide bonds. The van der Waals surface area contributed by atoms with E-state index in [-0.39, 0.29) is 6.79 Å². The minimum atomic E-state index is -0.498. The largest absolute Gasteiger partial charge is 0.457 e. The molecule has 0 aliphatic carbocycles. The fourth-order valence-corrected chi connectivity index (χ4v) is 1.89. The molecule has 3 heteroatoms. The first-order valence-electron chi connectivity index (χ1n) is 6.84. The lowest BCUT2D eigenvalue weighted by Crippen LogP contribution is -2.07. The van der Waals surface area contributed by atoms with Gasteiger partial charge in [0, 0.05) is 6.08 Å². The van der Waals surface area contributed by atoms with Gasteiger partial charge >= 0.3 is 5.97 Å². The molecule has 0 aromatic heterocycles. The highest BCUT2D eigenvalue weighted by Crippen LogP contribution is 2.23. The SMILES string of the molecule is C=CC(=O)OCOc1ccc(-c2ccc(CC)cc2)cc1. The zero-order chi connectivity index (χ0) is 15.1. The van der Waals surface area contributed by atoms with Crippen molar-refractivity contribution in [1.29, 1.82) is 0 Å². The summed E-state index contributed by atoms with van der Waals surface area (Å²) in [6, 6.07) is 16.1. The molecule has 0 atom stereocenters. The summed E-state index contributed by atoms with van der Waals surface area (Å²) in [5.74, 6) is 0.156. The number of hydrogen-bond donors (Lipinski definition) is 0. The third kappa shape index (κ3) is 4.21. The predicted molar refractivity (Wildman–Crippen MR) is 83.0 cm³/mol. The Balaban J connectivity index is 1.97. The van der Waals surface area contributed by atoms with Crippen LogP contribution in [0.15, 0.2) is 61.2 Å². The van der Waals surface area contributed by atoms with Crippen molar-refractivity contribution >= 4 is 5.97 Å². The molecule has 0 fully saturated rings. The van der Waals surface area contributed by atoms with Crippen LogP contribution in [0.3, 0.4) is 0 Å². The summed E-state index contributed by atoms with van der Waals surface area (Å²) in [5, 5.41) is 0. The first-order chi connectivity index (χ1) is 10.2. The highest BCUT2D eigenvalue weighted by Gasteiger charge is 2.00. The molecule has 0 saturated heterocycles. The number of rotatable bonds is 6. The maximum atomic E-state index is 10.9. The zero-order valence-electron chi connectivity index (χ0n) is 12.0. The lowest BCUT2D eigenvalue weighted by molar-refractivity contribution is -0.144. The summed E-state index contributed by atoms with van der Waals surface area (Å²) < 4.78 is 10.1. The van der Waals surface area contributed by atoms with E-state index in [0.29, 0.717) is 5.75 Å². The molecular weight excluding hydrogens is 264 g/mol. The smallest absolute Gasteiger partial charge is 0.333 e. The average Bonchev–Trinajstić information content (AvgIpc) is 2.55. The van der Waals surface area contributed by atoms with Gasteiger partial charge in [0.1, 0.15) is 5.75 Å². The summed E-state index contributed by atoms with van der Waals surface area (Å²) in [6.45, 7) is 5.34. The molecule has 2 aromatic carbocycles. The van der Waals surface area contributed by atoms with E-state index < -0.39 is 5.97 Å². The molecule has 0 radical (unpaired) electrons. The van der Waals surface area contributed by atoms with Gasteiger partial charge in [-0.05, 0) is 35.2 Å². The van der Waals surface area contributed by atoms with E-state index >= 15 is 0 Å². The molecule has 2 rings (SSSR count). The fourth-order valence-electron chi connectivity index (χ4n) is 1.89. The topological polar surface area (TPSA) is 35.5 Å². The Hall–Kier alpha value is -2.55. The van der Waals surface area contributed by atoms with Crippen LogP contribution in [0.1, 0.15) is 12.5 Å². The van der Waals surface area contributed by atoms with Crippen LogP contribution in [0, 0.1) is 0 Å². The van der Waals surface area contributed by atoms with Crippen molar-refractivity contribution in [3.05, 3.63) is 66.7 Å². The van der Waals surface area contributed by atoms with Gasteiger partial charge < -0.3 is 9.47 Å². The van der Waals surface area contributed by atoms with Crippen LogP contribution >= 0.6 is 0 Å². The average molecular weight is 282 g/mol. The van der Waals surface area contributed by atoms with Gasteiger partial charge in [0.25, 0.3) is 0 Å². The summed E-state index contributed by atoms with van der Waals surface area (Å²) in [6.07, 6.45) is 2.14. The summed E-state index contributed by atoms with van der Waals surface area (Å²) in [5.41, 5.74) is 3.60. The Bertz CT molecular complexity index is 597. The van der Waals surface area contributed by atoms with Crippen LogP contribution in [-0.2, 0) is 16.0 Å². The van der Waals surface area contributed by atoms with Gasteiger partial charge in [0.15, 0.2) is 0 Å². The van der Waals surface area contributed by atoms with Crippen molar-refractivity contribution in [3.8, 4) is 16.9 Å². The Morgan fingerprint density at radius 1 is 1.05 bits per heavy atom. The number of benzene rings is 2. The van der Waals surface area contributed by atoms with Crippen LogP contribution in [0.25, 0.3) is 11.1 Å². The maximum Gasteiger partial charge on any atom is 0.333 e. The first-order valence-corrected chi connectivity index (χ1v) is 6.84. The molecule has 108 valence electrons. The Kier molecular flexibility index (Phi) is 5.16. The van der Waals surface area contributed by atoms with Gasteiger partial charge in [-0.3, -0.25) is 0 Å². The normalized spacial score (nSPS) is 9.95. The lowest BCUT2D eigenvalue weighted by Gasteiger charge is -2.07. The van der Waals surface area contributed by atoms with Gasteiger partial charge in [-0.25, -0.2) is 4.79 Å². The quantitative estimate of drug-likeness (QED) is 0.456. The minimum absolute atomic E-state index is 0.116. The highest BCUT2D eigenvalue weighted by molar-refractivity contribution is 5.81. The Morgan fingerprint density at radius 2 is 1.62 bits per heavy atom. The van der Waals surface area contributed by atoms with Gasteiger partial charge in [-0.2, -0.15) is 0 Å². The molecule has 0 spiro atoms. The van der Waals surface area contributed by atoms with Crippen molar-refractivity contribution in [2.75, 3.05) is 6.79 Å². The number of aryl methyl sites for hydroxylation is 1. The van der Waals surface area contributed by atoms with Crippen molar-refractivity contribution in [1.82, 2.24) is 0 Å². The standard InChI is InChI=1S/C18H18O3/c1-3-14-5-7-15(8-6-14)16-9-11-17(12-10-16)20-13-21-18(19)4-2/h4-12H,2-3,13H2,1H3. The third-order valence-electron chi connectivity index (χ3n) is 3.14. The van der Waals surface area contributed by atoms with E-state index in [1.807, 2.05) is 24.3 Å². The molecule has 0 heterocycles. The fraction of sp³-hybridized carbons (Fsp3) is 0.167. The number of esters is 1. The van der Waals surface area contributed by atoms with E-state index in [9.17, 15) is 4.79 Å². The molecule has 0 aliphatic rings. The second-order valence-corrected chi connectivity index (χ2v) is 4.50. The number of ether oxygens (including phenoxy) is 2. The summed E-state index contributed by atoms with van der Waals surface area (Å²) >= 11 is 0. The van der Waals surface area contributed by atoms with E-state index in [4.69, 9.17) is 9.47 Å². The van der Waals surface area contributed by atoms with Crippen LogP contribution in [0.2, 0.25) is 0 Å². The number of carbonyl (C=O) groups is 1. The van der Waals surface area contributed by atoms with Crippen LogP contribution in [0.5, 0.6) is 5.75 Å². The molecule has 0 saturated carbocycles. The number of hydrogen-bond acceptors (Lipinski definition) is 3. The van der Waals surface area contributed by atoms with E-state index in [1.165, 1.54) is 5.56 Å². The van der Waals surface area contributed by atoms with Gasteiger partial charge in [-0.1, -0.05) is 49.9 Å². The second-order valence-electron chi connectivity index (χ2n) is 4.50. The van der Waals surface area contributed by atoms with E-state index in [1.54, 1.807) is 0 Å². The zero-order valence-corrected chi connectivity index (χ0v) is 12.0. The summed E-state index contributed by atoms with van der Waals surface area (Å²) in [4.78, 5) is 10.9. The van der Waals surface area contributed by atoms with Gasteiger partial charge in [0.05, 0.1) is 0 Å². The van der Waals surface area contributed by atoms with Gasteiger partial charge in [-0.15, -0.1) is 0 Å². The predicted octanol–water partition coefficient (Wildman–Crippen LogP) is 3.98. The van der Waals surface area contributed by atoms with Crippen LogP contribution < -0.4 is 4.74 Å². The molecule has 0 N–H and O–H groups in total. The van der Waals surface area contributed by atoms with Crippen molar-refractivity contribution in [3.63, 3.8) is 0 Å². The maximum absolute atomic E-state index is 10.9. The van der Waals surface area contributed by atoms with Crippen molar-refractivity contribution < 1.29 is 14.3 Å².